The number of phenolic OH excluding ortho intramolecular Hbond substituents is 1. The average Bonchev–Trinajstić information content (AvgIpc) is 2.82. The number of rotatable bonds is 13. The highest BCUT2D eigenvalue weighted by molar-refractivity contribution is 7.53. The molecule has 0 heterocycles. The number of unbranched alkanes of at least 4 members (excludes halogenated alkanes) is 3. The van der Waals surface area contributed by atoms with E-state index in [0.29, 0.717) is 11.3 Å². The van der Waals surface area contributed by atoms with Crippen LogP contribution in [0.25, 0.3) is 11.1 Å². The van der Waals surface area contributed by atoms with E-state index < -0.39 is 7.60 Å². The van der Waals surface area contributed by atoms with Crippen molar-refractivity contribution in [2.24, 2.45) is 0 Å². The minimum Gasteiger partial charge on any atom is -0.507 e. The van der Waals surface area contributed by atoms with Crippen molar-refractivity contribution in [2.45, 2.75) is 78.3 Å². The molecule has 0 aliphatic rings. The van der Waals surface area contributed by atoms with Gasteiger partial charge < -0.3 is 9.63 Å². The predicted octanol–water partition coefficient (Wildman–Crippen LogP) is 9.42. The Labute approximate surface area is 217 Å². The van der Waals surface area contributed by atoms with E-state index in [1.54, 1.807) is 0 Å². The zero-order chi connectivity index (χ0) is 26.2. The molecule has 0 fully saturated rings. The Morgan fingerprint density at radius 2 is 1.67 bits per heavy atom. The number of aryl methyl sites for hydroxylation is 1. The zero-order valence-corrected chi connectivity index (χ0v) is 23.3. The molecule has 3 rings (SSSR count). The molecule has 0 aliphatic heterocycles. The van der Waals surface area contributed by atoms with Crippen molar-refractivity contribution < 1.29 is 18.7 Å². The van der Waals surface area contributed by atoms with Crippen molar-refractivity contribution in [1.82, 2.24) is 0 Å². The van der Waals surface area contributed by atoms with Gasteiger partial charge in [0.15, 0.2) is 0 Å². The van der Waals surface area contributed by atoms with Crippen molar-refractivity contribution >= 4 is 7.60 Å². The third-order valence-electron chi connectivity index (χ3n) is 6.61. The van der Waals surface area contributed by atoms with Crippen LogP contribution in [0, 0.1) is 6.92 Å². The lowest BCUT2D eigenvalue weighted by Gasteiger charge is -2.28. The van der Waals surface area contributed by atoms with E-state index in [1.165, 1.54) is 19.3 Å². The molecule has 0 bridgehead atoms. The summed E-state index contributed by atoms with van der Waals surface area (Å²) in [5.41, 5.74) is 4.09. The summed E-state index contributed by atoms with van der Waals surface area (Å²) in [7, 11) is -3.56. The fourth-order valence-electron chi connectivity index (χ4n) is 4.55. The van der Waals surface area contributed by atoms with Crippen LogP contribution in [0.4, 0.5) is 0 Å². The van der Waals surface area contributed by atoms with Crippen molar-refractivity contribution in [3.05, 3.63) is 83.4 Å². The third kappa shape index (κ3) is 7.48. The molecular weight excluding hydrogens is 467 g/mol. The van der Waals surface area contributed by atoms with Gasteiger partial charge in [-0.15, -0.1) is 0 Å². The molecule has 0 saturated carbocycles. The molecule has 36 heavy (non-hydrogen) atoms. The van der Waals surface area contributed by atoms with Crippen molar-refractivity contribution in [3.63, 3.8) is 0 Å². The second-order valence-corrected chi connectivity index (χ2v) is 12.2. The van der Waals surface area contributed by atoms with E-state index in [0.717, 1.165) is 35.1 Å². The summed E-state index contributed by atoms with van der Waals surface area (Å²) < 4.78 is 26.1. The van der Waals surface area contributed by atoms with Crippen LogP contribution in [0.5, 0.6) is 11.5 Å². The Morgan fingerprint density at radius 3 is 2.33 bits per heavy atom. The molecule has 0 amide bonds. The zero-order valence-electron chi connectivity index (χ0n) is 22.4. The van der Waals surface area contributed by atoms with Crippen LogP contribution < -0.4 is 4.52 Å². The predicted molar refractivity (Wildman–Crippen MR) is 150 cm³/mol. The quantitative estimate of drug-likeness (QED) is 0.184. The van der Waals surface area contributed by atoms with E-state index in [2.05, 4.69) is 20.8 Å². The second-order valence-electron chi connectivity index (χ2n) is 10.2. The van der Waals surface area contributed by atoms with E-state index >= 15 is 0 Å². The maximum absolute atomic E-state index is 14.0. The molecule has 0 saturated heterocycles. The molecule has 1 atom stereocenters. The first-order chi connectivity index (χ1) is 17.2. The molecule has 0 aliphatic carbocycles. The van der Waals surface area contributed by atoms with Gasteiger partial charge in [-0.1, -0.05) is 107 Å². The minimum atomic E-state index is -3.56. The Bertz CT molecular complexity index is 1170. The van der Waals surface area contributed by atoms with Gasteiger partial charge in [0.2, 0.25) is 0 Å². The molecule has 1 unspecified atom stereocenters. The standard InChI is InChI=1S/C31H41O4P/c1-6-8-9-13-19-31(4,5)27-21-28(32)30(26-18-14-15-24(3)20-26)29(22-27)35-36(33,34-7-2)23-25-16-11-10-12-17-25/h10-12,14-18,20-22,32H,6-9,13,19,23H2,1-5H3. The number of hydrogen-bond acceptors (Lipinski definition) is 4. The Balaban J connectivity index is 2.07. The maximum Gasteiger partial charge on any atom is 0.383 e. The molecule has 3 aromatic carbocycles. The van der Waals surface area contributed by atoms with Gasteiger partial charge in [0.05, 0.1) is 18.3 Å². The second kappa shape index (κ2) is 12.6. The summed E-state index contributed by atoms with van der Waals surface area (Å²) in [6.07, 6.45) is 5.86. The van der Waals surface area contributed by atoms with Gasteiger partial charge in [0, 0.05) is 0 Å². The van der Waals surface area contributed by atoms with Gasteiger partial charge in [0.25, 0.3) is 0 Å². The van der Waals surface area contributed by atoms with Gasteiger partial charge in [-0.2, -0.15) is 0 Å². The summed E-state index contributed by atoms with van der Waals surface area (Å²) in [4.78, 5) is 0. The Kier molecular flexibility index (Phi) is 9.82. The van der Waals surface area contributed by atoms with Crippen LogP contribution in [0.1, 0.15) is 76.5 Å². The summed E-state index contributed by atoms with van der Waals surface area (Å²) in [5.74, 6) is 0.516. The first-order valence-corrected chi connectivity index (χ1v) is 14.8. The molecule has 194 valence electrons. The van der Waals surface area contributed by atoms with Crippen LogP contribution in [-0.2, 0) is 20.7 Å². The van der Waals surface area contributed by atoms with Crippen molar-refractivity contribution in [3.8, 4) is 22.6 Å². The number of aromatic hydroxyl groups is 1. The van der Waals surface area contributed by atoms with E-state index in [4.69, 9.17) is 9.05 Å². The van der Waals surface area contributed by atoms with E-state index in [9.17, 15) is 9.67 Å². The fourth-order valence-corrected chi connectivity index (χ4v) is 6.25. The summed E-state index contributed by atoms with van der Waals surface area (Å²) in [5, 5.41) is 11.3. The first-order valence-electron chi connectivity index (χ1n) is 13.1. The van der Waals surface area contributed by atoms with E-state index in [-0.39, 0.29) is 23.9 Å². The smallest absolute Gasteiger partial charge is 0.383 e. The molecular formula is C31H41O4P. The van der Waals surface area contributed by atoms with Crippen LogP contribution in [0.15, 0.2) is 66.7 Å². The SMILES string of the molecule is CCCCCCC(C)(C)c1cc(O)c(-c2cccc(C)c2)c(OP(=O)(Cc2ccccc2)OCC)c1. The molecule has 3 aromatic rings. The highest BCUT2D eigenvalue weighted by atomic mass is 31.2. The lowest BCUT2D eigenvalue weighted by atomic mass is 9.79. The molecule has 0 spiro atoms. The van der Waals surface area contributed by atoms with E-state index in [1.807, 2.05) is 80.6 Å². The number of benzene rings is 3. The highest BCUT2D eigenvalue weighted by Gasteiger charge is 2.31. The Morgan fingerprint density at radius 1 is 0.917 bits per heavy atom. The summed E-state index contributed by atoms with van der Waals surface area (Å²) in [6, 6.07) is 21.3. The van der Waals surface area contributed by atoms with Crippen molar-refractivity contribution in [1.29, 1.82) is 0 Å². The summed E-state index contributed by atoms with van der Waals surface area (Å²) in [6.45, 7) is 10.7. The van der Waals surface area contributed by atoms with Crippen molar-refractivity contribution in [2.75, 3.05) is 6.61 Å². The molecule has 0 aromatic heterocycles. The van der Waals surface area contributed by atoms with Gasteiger partial charge in [-0.25, -0.2) is 4.57 Å². The summed E-state index contributed by atoms with van der Waals surface area (Å²) >= 11 is 0. The number of hydrogen-bond donors (Lipinski definition) is 1. The Hall–Kier alpha value is -2.55. The average molecular weight is 509 g/mol. The number of phenols is 1. The fraction of sp³-hybridized carbons (Fsp3) is 0.419. The molecule has 5 heteroatoms. The third-order valence-corrected chi connectivity index (χ3v) is 8.49. The molecule has 1 N–H and O–H groups in total. The lowest BCUT2D eigenvalue weighted by molar-refractivity contribution is 0.278. The first kappa shape index (κ1) is 28.0. The topological polar surface area (TPSA) is 55.8 Å². The molecule has 0 radical (unpaired) electrons. The maximum atomic E-state index is 14.0. The normalized spacial score (nSPS) is 13.4. The lowest BCUT2D eigenvalue weighted by Crippen LogP contribution is -2.17. The van der Waals surface area contributed by atoms with Crippen LogP contribution in [0.3, 0.4) is 0 Å². The monoisotopic (exact) mass is 508 g/mol. The van der Waals surface area contributed by atoms with Crippen LogP contribution in [0.2, 0.25) is 0 Å². The van der Waals surface area contributed by atoms with Gasteiger partial charge in [0.1, 0.15) is 11.5 Å². The minimum absolute atomic E-state index is 0.123. The highest BCUT2D eigenvalue weighted by Crippen LogP contribution is 2.55. The van der Waals surface area contributed by atoms with Gasteiger partial charge in [-0.05, 0) is 54.5 Å². The van der Waals surface area contributed by atoms with Gasteiger partial charge in [-0.3, -0.25) is 4.52 Å². The molecule has 4 nitrogen and oxygen atoms in total. The van der Waals surface area contributed by atoms with Gasteiger partial charge >= 0.3 is 7.60 Å². The van der Waals surface area contributed by atoms with Crippen LogP contribution in [-0.4, -0.2) is 11.7 Å². The van der Waals surface area contributed by atoms with Crippen LogP contribution >= 0.6 is 7.60 Å². The largest absolute Gasteiger partial charge is 0.507 e.